The van der Waals surface area contributed by atoms with E-state index < -0.39 is 0 Å². The van der Waals surface area contributed by atoms with Crippen molar-refractivity contribution in [3.63, 3.8) is 0 Å². The van der Waals surface area contributed by atoms with E-state index in [1.54, 1.807) is 19.2 Å². The predicted octanol–water partition coefficient (Wildman–Crippen LogP) is 4.76. The van der Waals surface area contributed by atoms with E-state index in [1.807, 2.05) is 53.1 Å². The van der Waals surface area contributed by atoms with Crippen LogP contribution in [0.4, 0.5) is 10.2 Å². The molecule has 0 atom stereocenters. The number of nitrogens with zero attached hydrogens (tertiary/aromatic N) is 2. The zero-order chi connectivity index (χ0) is 17.9. The summed E-state index contributed by atoms with van der Waals surface area (Å²) in [5.74, 6) is 1.47. The maximum absolute atomic E-state index is 13.1. The second-order valence-electron chi connectivity index (χ2n) is 5.95. The maximum atomic E-state index is 13.1. The van der Waals surface area contributed by atoms with E-state index in [1.165, 1.54) is 12.1 Å². The lowest BCUT2D eigenvalue weighted by molar-refractivity contribution is 0.415. The van der Waals surface area contributed by atoms with E-state index >= 15 is 0 Å². The molecule has 0 fully saturated rings. The molecule has 0 saturated heterocycles. The number of aromatic nitrogens is 2. The molecule has 0 aliphatic carbocycles. The average molecular weight is 347 g/mol. The first-order chi connectivity index (χ1) is 12.7. The molecule has 5 heteroatoms. The van der Waals surface area contributed by atoms with Crippen molar-refractivity contribution in [3.05, 3.63) is 84.3 Å². The van der Waals surface area contributed by atoms with Crippen LogP contribution in [-0.4, -0.2) is 16.5 Å². The van der Waals surface area contributed by atoms with Crippen LogP contribution >= 0.6 is 0 Å². The first kappa shape index (κ1) is 16.1. The van der Waals surface area contributed by atoms with Crippen LogP contribution in [-0.2, 0) is 6.54 Å². The zero-order valence-electron chi connectivity index (χ0n) is 14.3. The summed E-state index contributed by atoms with van der Waals surface area (Å²) in [5.41, 5.74) is 3.72. The van der Waals surface area contributed by atoms with E-state index in [-0.39, 0.29) is 5.82 Å². The fourth-order valence-electron chi connectivity index (χ4n) is 2.90. The van der Waals surface area contributed by atoms with Gasteiger partial charge in [0.25, 0.3) is 0 Å². The molecular weight excluding hydrogens is 329 g/mol. The number of rotatable bonds is 5. The molecule has 4 nitrogen and oxygen atoms in total. The molecule has 0 bridgehead atoms. The van der Waals surface area contributed by atoms with Crippen molar-refractivity contribution in [2.24, 2.45) is 0 Å². The Balaban J connectivity index is 1.72. The molecule has 0 saturated carbocycles. The van der Waals surface area contributed by atoms with Crippen molar-refractivity contribution in [2.45, 2.75) is 6.54 Å². The minimum absolute atomic E-state index is 0.234. The van der Waals surface area contributed by atoms with Crippen LogP contribution in [0.5, 0.6) is 5.75 Å². The number of methoxy groups -OCH3 is 1. The number of imidazole rings is 1. The Morgan fingerprint density at radius 3 is 2.50 bits per heavy atom. The summed E-state index contributed by atoms with van der Waals surface area (Å²) < 4.78 is 20.4. The van der Waals surface area contributed by atoms with Crippen LogP contribution in [0, 0.1) is 5.82 Å². The molecule has 2 aromatic heterocycles. The van der Waals surface area contributed by atoms with Crippen LogP contribution in [0.1, 0.15) is 5.56 Å². The monoisotopic (exact) mass is 347 g/mol. The molecule has 0 spiro atoms. The van der Waals surface area contributed by atoms with Gasteiger partial charge in [-0.15, -0.1) is 0 Å². The van der Waals surface area contributed by atoms with Crippen molar-refractivity contribution in [1.29, 1.82) is 0 Å². The van der Waals surface area contributed by atoms with Crippen LogP contribution in [0.15, 0.2) is 72.9 Å². The minimum atomic E-state index is -0.234. The molecule has 1 N–H and O–H groups in total. The van der Waals surface area contributed by atoms with E-state index in [9.17, 15) is 4.39 Å². The van der Waals surface area contributed by atoms with Crippen LogP contribution in [0.25, 0.3) is 16.9 Å². The fraction of sp³-hybridized carbons (Fsp3) is 0.0952. The number of benzene rings is 2. The van der Waals surface area contributed by atoms with Gasteiger partial charge in [0.2, 0.25) is 0 Å². The highest BCUT2D eigenvalue weighted by Gasteiger charge is 2.14. The normalized spacial score (nSPS) is 10.8. The van der Waals surface area contributed by atoms with Crippen molar-refractivity contribution in [3.8, 4) is 17.0 Å². The Hall–Kier alpha value is -3.34. The lowest BCUT2D eigenvalue weighted by Crippen LogP contribution is -2.03. The van der Waals surface area contributed by atoms with Crippen molar-refractivity contribution >= 4 is 11.5 Å². The number of nitrogens with one attached hydrogen (secondary N) is 1. The summed E-state index contributed by atoms with van der Waals surface area (Å²) in [4.78, 5) is 4.76. The zero-order valence-corrected chi connectivity index (χ0v) is 14.3. The summed E-state index contributed by atoms with van der Waals surface area (Å²) in [6.07, 6.45) is 1.97. The Bertz CT molecular complexity index is 1020. The maximum Gasteiger partial charge on any atom is 0.139 e. The number of fused-ring (bicyclic) bond motifs is 1. The highest BCUT2D eigenvalue weighted by atomic mass is 19.1. The molecular formula is C21H18FN3O. The van der Waals surface area contributed by atoms with Gasteiger partial charge in [-0.1, -0.05) is 18.2 Å². The van der Waals surface area contributed by atoms with E-state index in [4.69, 9.17) is 9.72 Å². The molecule has 130 valence electrons. The van der Waals surface area contributed by atoms with Crippen LogP contribution in [0.3, 0.4) is 0 Å². The number of anilines is 1. The topological polar surface area (TPSA) is 38.6 Å². The third-order valence-electron chi connectivity index (χ3n) is 4.27. The summed E-state index contributed by atoms with van der Waals surface area (Å²) in [5, 5.41) is 3.45. The first-order valence-electron chi connectivity index (χ1n) is 8.34. The van der Waals surface area contributed by atoms with Crippen LogP contribution < -0.4 is 10.1 Å². The largest absolute Gasteiger partial charge is 0.497 e. The molecule has 0 aliphatic heterocycles. The molecule has 4 rings (SSSR count). The van der Waals surface area contributed by atoms with Crippen molar-refractivity contribution in [2.75, 3.05) is 12.4 Å². The van der Waals surface area contributed by atoms with E-state index in [0.717, 1.165) is 34.0 Å². The van der Waals surface area contributed by atoms with Gasteiger partial charge >= 0.3 is 0 Å². The van der Waals surface area contributed by atoms with E-state index in [2.05, 4.69) is 5.32 Å². The van der Waals surface area contributed by atoms with Gasteiger partial charge in [-0.05, 0) is 54.1 Å². The van der Waals surface area contributed by atoms with Gasteiger partial charge in [-0.3, -0.25) is 4.40 Å². The van der Waals surface area contributed by atoms with Crippen molar-refractivity contribution < 1.29 is 9.13 Å². The first-order valence-corrected chi connectivity index (χ1v) is 8.34. The fourth-order valence-corrected chi connectivity index (χ4v) is 2.90. The predicted molar refractivity (Wildman–Crippen MR) is 101 cm³/mol. The average Bonchev–Trinajstić information content (AvgIpc) is 3.06. The Kier molecular flexibility index (Phi) is 4.27. The molecule has 26 heavy (non-hydrogen) atoms. The highest BCUT2D eigenvalue weighted by Crippen LogP contribution is 2.30. The van der Waals surface area contributed by atoms with Crippen LogP contribution in [0.2, 0.25) is 0 Å². The van der Waals surface area contributed by atoms with E-state index in [0.29, 0.717) is 6.54 Å². The van der Waals surface area contributed by atoms with Gasteiger partial charge < -0.3 is 10.1 Å². The third-order valence-corrected chi connectivity index (χ3v) is 4.27. The standard InChI is InChI=1S/C21H18FN3O/c1-26-18-11-7-16(8-12-18)20-21(25-13-3-2-4-19(25)24-20)23-14-15-5-9-17(22)10-6-15/h2-13,23H,14H2,1H3. The highest BCUT2D eigenvalue weighted by molar-refractivity contribution is 5.76. The Morgan fingerprint density at radius 1 is 1.00 bits per heavy atom. The number of hydrogen-bond acceptors (Lipinski definition) is 3. The number of ether oxygens (including phenoxy) is 1. The number of pyridine rings is 1. The molecule has 2 aromatic carbocycles. The molecule has 4 aromatic rings. The quantitative estimate of drug-likeness (QED) is 0.566. The molecule has 0 amide bonds. The number of halogens is 1. The third kappa shape index (κ3) is 3.11. The minimum Gasteiger partial charge on any atom is -0.497 e. The van der Waals surface area contributed by atoms with Gasteiger partial charge in [0.05, 0.1) is 7.11 Å². The van der Waals surface area contributed by atoms with Gasteiger partial charge in [0, 0.05) is 18.3 Å². The smallest absolute Gasteiger partial charge is 0.139 e. The lowest BCUT2D eigenvalue weighted by Gasteiger charge is -2.09. The lowest BCUT2D eigenvalue weighted by atomic mass is 10.1. The SMILES string of the molecule is COc1ccc(-c2nc3ccccn3c2NCc2ccc(F)cc2)cc1. The molecule has 0 unspecified atom stereocenters. The summed E-state index contributed by atoms with van der Waals surface area (Å²) in [6, 6.07) is 20.2. The second-order valence-corrected chi connectivity index (χ2v) is 5.95. The Morgan fingerprint density at radius 2 is 1.77 bits per heavy atom. The second kappa shape index (κ2) is 6.88. The van der Waals surface area contributed by atoms with Gasteiger partial charge in [0.15, 0.2) is 0 Å². The number of hydrogen-bond donors (Lipinski definition) is 1. The summed E-state index contributed by atoms with van der Waals surface area (Å²) in [6.45, 7) is 0.576. The Labute approximate surface area is 150 Å². The molecule has 0 radical (unpaired) electrons. The van der Waals surface area contributed by atoms with Gasteiger partial charge in [-0.25, -0.2) is 9.37 Å². The van der Waals surface area contributed by atoms with Gasteiger partial charge in [-0.2, -0.15) is 0 Å². The summed E-state index contributed by atoms with van der Waals surface area (Å²) in [7, 11) is 1.65. The molecule has 0 aliphatic rings. The van der Waals surface area contributed by atoms with Gasteiger partial charge in [0.1, 0.15) is 28.7 Å². The molecule has 2 heterocycles. The summed E-state index contributed by atoms with van der Waals surface area (Å²) >= 11 is 0. The van der Waals surface area contributed by atoms with Crippen molar-refractivity contribution in [1.82, 2.24) is 9.38 Å².